The van der Waals surface area contributed by atoms with Crippen LogP contribution in [-0.4, -0.2) is 24.6 Å². The molecule has 3 rings (SSSR count). The van der Waals surface area contributed by atoms with E-state index in [2.05, 4.69) is 37.9 Å². The Balaban J connectivity index is 2.00. The maximum absolute atomic E-state index is 4.48. The predicted octanol–water partition coefficient (Wildman–Crippen LogP) is 3.92. The van der Waals surface area contributed by atoms with Crippen LogP contribution < -0.4 is 0 Å². The van der Waals surface area contributed by atoms with E-state index in [4.69, 9.17) is 0 Å². The predicted molar refractivity (Wildman–Crippen MR) is 88.0 cm³/mol. The first-order valence-electron chi connectivity index (χ1n) is 7.16. The minimum atomic E-state index is 0.445. The van der Waals surface area contributed by atoms with Crippen LogP contribution in [0.25, 0.3) is 16.7 Å². The molecular formula is C16H17BrN4. The van der Waals surface area contributed by atoms with Crippen molar-refractivity contribution in [1.82, 2.24) is 19.7 Å². The number of aromatic nitrogens is 4. The summed E-state index contributed by atoms with van der Waals surface area (Å²) in [7, 11) is 0. The average Bonchev–Trinajstić information content (AvgIpc) is 2.93. The van der Waals surface area contributed by atoms with Crippen molar-refractivity contribution >= 4 is 27.0 Å². The molecule has 4 nitrogen and oxygen atoms in total. The molecule has 0 saturated heterocycles. The fourth-order valence-electron chi connectivity index (χ4n) is 2.44. The lowest BCUT2D eigenvalue weighted by Gasteiger charge is -2.08. The van der Waals surface area contributed by atoms with Crippen molar-refractivity contribution in [3.63, 3.8) is 0 Å². The second-order valence-electron chi connectivity index (χ2n) is 5.04. The van der Waals surface area contributed by atoms with Gasteiger partial charge < -0.3 is 0 Å². The highest BCUT2D eigenvalue weighted by molar-refractivity contribution is 9.09. The molecule has 2 heterocycles. The molecule has 3 aromatic rings. The van der Waals surface area contributed by atoms with Crippen LogP contribution in [0.2, 0.25) is 0 Å². The van der Waals surface area contributed by atoms with E-state index in [9.17, 15) is 0 Å². The van der Waals surface area contributed by atoms with Crippen LogP contribution in [0.5, 0.6) is 0 Å². The summed E-state index contributed by atoms with van der Waals surface area (Å²) in [5.41, 5.74) is 2.93. The van der Waals surface area contributed by atoms with Gasteiger partial charge in [0.25, 0.3) is 0 Å². The van der Waals surface area contributed by atoms with E-state index in [-0.39, 0.29) is 0 Å². The number of halogens is 1. The Kier molecular flexibility index (Phi) is 4.29. The molecule has 1 atom stereocenters. The quantitative estimate of drug-likeness (QED) is 0.659. The molecule has 0 fully saturated rings. The van der Waals surface area contributed by atoms with Gasteiger partial charge in [0.1, 0.15) is 6.33 Å². The third kappa shape index (κ3) is 2.97. The van der Waals surface area contributed by atoms with Gasteiger partial charge in [-0.1, -0.05) is 47.5 Å². The largest absolute Gasteiger partial charge is 0.240 e. The first kappa shape index (κ1) is 14.2. The number of nitrogens with zero attached hydrogens (tertiary/aromatic N) is 4. The zero-order valence-electron chi connectivity index (χ0n) is 11.9. The van der Waals surface area contributed by atoms with Crippen LogP contribution in [0.1, 0.15) is 25.5 Å². The van der Waals surface area contributed by atoms with E-state index in [0.29, 0.717) is 4.83 Å². The Morgan fingerprint density at radius 1 is 1.19 bits per heavy atom. The Morgan fingerprint density at radius 3 is 2.76 bits per heavy atom. The van der Waals surface area contributed by atoms with Crippen LogP contribution in [0, 0.1) is 0 Å². The lowest BCUT2D eigenvalue weighted by atomic mass is 10.1. The molecule has 0 bridgehead atoms. The molecule has 0 saturated carbocycles. The first-order valence-corrected chi connectivity index (χ1v) is 8.08. The van der Waals surface area contributed by atoms with E-state index in [0.717, 1.165) is 41.7 Å². The molecule has 0 aliphatic carbocycles. The molecule has 5 heteroatoms. The number of alkyl halides is 1. The highest BCUT2D eigenvalue weighted by atomic mass is 79.9. The molecule has 0 aliphatic rings. The number of hydrogen-bond donors (Lipinski definition) is 0. The van der Waals surface area contributed by atoms with Gasteiger partial charge in [0.05, 0.1) is 23.0 Å². The maximum Gasteiger partial charge on any atom is 0.166 e. The Labute approximate surface area is 132 Å². The van der Waals surface area contributed by atoms with Crippen molar-refractivity contribution in [1.29, 1.82) is 0 Å². The van der Waals surface area contributed by atoms with Gasteiger partial charge in [-0.15, -0.1) is 0 Å². The Hall–Kier alpha value is -1.75. The molecule has 1 unspecified atom stereocenters. The van der Waals surface area contributed by atoms with E-state index in [1.807, 2.05) is 41.2 Å². The number of hydrogen-bond acceptors (Lipinski definition) is 3. The maximum atomic E-state index is 4.48. The lowest BCUT2D eigenvalue weighted by Crippen LogP contribution is -2.05. The zero-order chi connectivity index (χ0) is 14.7. The van der Waals surface area contributed by atoms with Gasteiger partial charge in [-0.2, -0.15) is 5.10 Å². The minimum Gasteiger partial charge on any atom is -0.240 e. The summed E-state index contributed by atoms with van der Waals surface area (Å²) in [4.78, 5) is 9.29. The van der Waals surface area contributed by atoms with Crippen molar-refractivity contribution in [2.75, 3.05) is 0 Å². The average molecular weight is 345 g/mol. The van der Waals surface area contributed by atoms with Gasteiger partial charge in [0, 0.05) is 11.2 Å². The standard InChI is InChI=1S/C16H17BrN4/c1-2-6-12(17)9-15-14-10-20-21(16(14)19-11-18-15)13-7-4-3-5-8-13/h3-5,7-8,10-12H,2,6,9H2,1H3. The van der Waals surface area contributed by atoms with E-state index in [1.165, 1.54) is 0 Å². The Bertz CT molecular complexity index is 723. The summed E-state index contributed by atoms with van der Waals surface area (Å²) in [6, 6.07) is 10.0. The van der Waals surface area contributed by atoms with E-state index >= 15 is 0 Å². The summed E-state index contributed by atoms with van der Waals surface area (Å²) in [5, 5.41) is 5.51. The van der Waals surface area contributed by atoms with Gasteiger partial charge in [-0.3, -0.25) is 0 Å². The Morgan fingerprint density at radius 2 is 2.00 bits per heavy atom. The van der Waals surface area contributed by atoms with Crippen molar-refractivity contribution in [2.45, 2.75) is 31.0 Å². The van der Waals surface area contributed by atoms with E-state index in [1.54, 1.807) is 6.33 Å². The highest BCUT2D eigenvalue weighted by Gasteiger charge is 2.13. The number of rotatable bonds is 5. The summed E-state index contributed by atoms with van der Waals surface area (Å²) in [5.74, 6) is 0. The summed E-state index contributed by atoms with van der Waals surface area (Å²) in [6.45, 7) is 2.19. The zero-order valence-corrected chi connectivity index (χ0v) is 13.5. The van der Waals surface area contributed by atoms with Crippen LogP contribution in [0.4, 0.5) is 0 Å². The summed E-state index contributed by atoms with van der Waals surface area (Å²) < 4.78 is 1.86. The minimum absolute atomic E-state index is 0.445. The van der Waals surface area contributed by atoms with Gasteiger partial charge in [-0.25, -0.2) is 14.6 Å². The van der Waals surface area contributed by atoms with Crippen LogP contribution in [0.3, 0.4) is 0 Å². The second-order valence-corrected chi connectivity index (χ2v) is 6.33. The molecule has 108 valence electrons. The topological polar surface area (TPSA) is 43.6 Å². The third-order valence-corrected chi connectivity index (χ3v) is 4.25. The molecule has 0 N–H and O–H groups in total. The van der Waals surface area contributed by atoms with Gasteiger partial charge >= 0.3 is 0 Å². The van der Waals surface area contributed by atoms with Crippen molar-refractivity contribution in [3.05, 3.63) is 48.5 Å². The van der Waals surface area contributed by atoms with Crippen LogP contribution in [-0.2, 0) is 6.42 Å². The molecule has 0 spiro atoms. The number of para-hydroxylation sites is 1. The normalized spacial score (nSPS) is 12.7. The van der Waals surface area contributed by atoms with Gasteiger partial charge in [0.2, 0.25) is 0 Å². The van der Waals surface area contributed by atoms with Crippen molar-refractivity contribution < 1.29 is 0 Å². The number of benzene rings is 1. The molecule has 0 radical (unpaired) electrons. The summed E-state index contributed by atoms with van der Waals surface area (Å²) >= 11 is 3.72. The second kappa shape index (κ2) is 6.35. The van der Waals surface area contributed by atoms with Gasteiger partial charge in [-0.05, 0) is 18.6 Å². The molecule has 1 aromatic carbocycles. The number of fused-ring (bicyclic) bond motifs is 1. The van der Waals surface area contributed by atoms with Crippen LogP contribution in [0.15, 0.2) is 42.9 Å². The van der Waals surface area contributed by atoms with Crippen molar-refractivity contribution in [3.8, 4) is 5.69 Å². The fourth-order valence-corrected chi connectivity index (χ4v) is 3.20. The molecule has 2 aromatic heterocycles. The molecular weight excluding hydrogens is 328 g/mol. The van der Waals surface area contributed by atoms with Crippen molar-refractivity contribution in [2.24, 2.45) is 0 Å². The monoisotopic (exact) mass is 344 g/mol. The fraction of sp³-hybridized carbons (Fsp3) is 0.312. The third-order valence-electron chi connectivity index (χ3n) is 3.47. The van der Waals surface area contributed by atoms with Crippen LogP contribution >= 0.6 is 15.9 Å². The van der Waals surface area contributed by atoms with Gasteiger partial charge in [0.15, 0.2) is 5.65 Å². The highest BCUT2D eigenvalue weighted by Crippen LogP contribution is 2.22. The smallest absolute Gasteiger partial charge is 0.166 e. The SMILES string of the molecule is CCCC(Br)Cc1ncnc2c1cnn2-c1ccccc1. The summed E-state index contributed by atoms with van der Waals surface area (Å²) in [6.07, 6.45) is 6.69. The molecule has 0 aliphatic heterocycles. The molecule has 0 amide bonds. The van der Waals surface area contributed by atoms with E-state index < -0.39 is 0 Å². The molecule has 21 heavy (non-hydrogen) atoms. The first-order chi connectivity index (χ1) is 10.3. The lowest BCUT2D eigenvalue weighted by molar-refractivity contribution is 0.736.